The van der Waals surface area contributed by atoms with Crippen molar-refractivity contribution in [3.8, 4) is 5.75 Å². The predicted octanol–water partition coefficient (Wildman–Crippen LogP) is 2.66. The van der Waals surface area contributed by atoms with Gasteiger partial charge in [-0.15, -0.1) is 0 Å². The lowest BCUT2D eigenvalue weighted by Crippen LogP contribution is -2.42. The van der Waals surface area contributed by atoms with E-state index in [-0.39, 0.29) is 11.9 Å². The molecule has 1 aromatic rings. The third-order valence-corrected chi connectivity index (χ3v) is 4.28. The molecule has 2 rings (SSSR count). The monoisotopic (exact) mass is 292 g/mol. The molecule has 2 unspecified atom stereocenters. The molecule has 0 fully saturated rings. The minimum absolute atomic E-state index is 0.00815. The molecule has 0 aliphatic heterocycles. The summed E-state index contributed by atoms with van der Waals surface area (Å²) in [6, 6.07) is 5.70. The van der Waals surface area contributed by atoms with Crippen LogP contribution in [-0.4, -0.2) is 24.8 Å². The molecule has 0 saturated heterocycles. The molecule has 1 aliphatic carbocycles. The molecule has 1 N–H and O–H groups in total. The van der Waals surface area contributed by atoms with E-state index in [1.54, 1.807) is 14.0 Å². The van der Waals surface area contributed by atoms with Gasteiger partial charge in [0, 0.05) is 0 Å². The Bertz CT molecular complexity index is 524. The van der Waals surface area contributed by atoms with Crippen LogP contribution >= 0.6 is 0 Å². The van der Waals surface area contributed by atoms with Crippen LogP contribution in [0.15, 0.2) is 18.2 Å². The number of esters is 1. The summed E-state index contributed by atoms with van der Waals surface area (Å²) in [4.78, 5) is 12.3. The summed E-state index contributed by atoms with van der Waals surface area (Å²) in [6.45, 7) is 5.99. The lowest BCUT2D eigenvalue weighted by atomic mass is 9.76. The molecule has 0 spiro atoms. The molecule has 0 amide bonds. The van der Waals surface area contributed by atoms with Crippen molar-refractivity contribution in [2.75, 3.05) is 13.7 Å². The maximum Gasteiger partial charge on any atom is 0.312 e. The fourth-order valence-electron chi connectivity index (χ4n) is 3.34. The van der Waals surface area contributed by atoms with E-state index in [0.29, 0.717) is 18.8 Å². The molecule has 0 heterocycles. The summed E-state index contributed by atoms with van der Waals surface area (Å²) in [7, 11) is 1.60. The van der Waals surface area contributed by atoms with Crippen LogP contribution in [0.3, 0.4) is 0 Å². The number of rotatable bonds is 5. The lowest BCUT2D eigenvalue weighted by Gasteiger charge is -2.34. The summed E-state index contributed by atoms with van der Waals surface area (Å²) in [5.74, 6) is -0.205. The van der Waals surface area contributed by atoms with Crippen molar-refractivity contribution in [2.45, 2.75) is 39.2 Å². The molecule has 0 saturated carbocycles. The van der Waals surface area contributed by atoms with Gasteiger partial charge >= 0.3 is 5.97 Å². The first-order chi connectivity index (χ1) is 9.93. The van der Waals surface area contributed by atoms with E-state index in [0.717, 1.165) is 17.5 Å². The van der Waals surface area contributed by atoms with Crippen LogP contribution in [0.1, 0.15) is 38.3 Å². The van der Waals surface area contributed by atoms with Crippen molar-refractivity contribution in [1.82, 2.24) is 0 Å². The van der Waals surface area contributed by atoms with E-state index >= 15 is 0 Å². The molecule has 21 heavy (non-hydrogen) atoms. The number of carbonyl (C=O) groups is 1. The zero-order valence-corrected chi connectivity index (χ0v) is 13.2. The third-order valence-electron chi connectivity index (χ3n) is 4.28. The van der Waals surface area contributed by atoms with Crippen LogP contribution < -0.4 is 4.74 Å². The van der Waals surface area contributed by atoms with Crippen LogP contribution in [0.2, 0.25) is 0 Å². The van der Waals surface area contributed by atoms with E-state index < -0.39 is 11.5 Å². The Balaban J connectivity index is 2.45. The Morgan fingerprint density at radius 2 is 2.14 bits per heavy atom. The first-order valence-electron chi connectivity index (χ1n) is 7.50. The van der Waals surface area contributed by atoms with Crippen LogP contribution in [-0.2, 0) is 21.6 Å². The van der Waals surface area contributed by atoms with Gasteiger partial charge in [-0.1, -0.05) is 19.9 Å². The molecule has 0 bridgehead atoms. The van der Waals surface area contributed by atoms with Gasteiger partial charge < -0.3 is 14.6 Å². The smallest absolute Gasteiger partial charge is 0.312 e. The summed E-state index contributed by atoms with van der Waals surface area (Å²) in [5.41, 5.74) is 0.700. The standard InChI is InChI=1S/C17H24O4/c1-5-21-16(18)15(11(2)3)17(19)9-8-12-6-7-13(20-4)10-14(12)17/h6-7,10-11,15,19H,5,8-9H2,1-4H3. The highest BCUT2D eigenvalue weighted by molar-refractivity contribution is 5.75. The SMILES string of the molecule is CCOC(=O)C(C(C)C)C1(O)CCc2ccc(OC)cc21. The Morgan fingerprint density at radius 1 is 1.43 bits per heavy atom. The van der Waals surface area contributed by atoms with E-state index in [2.05, 4.69) is 0 Å². The first-order valence-corrected chi connectivity index (χ1v) is 7.50. The number of hydrogen-bond donors (Lipinski definition) is 1. The van der Waals surface area contributed by atoms with Gasteiger partial charge in [-0.25, -0.2) is 0 Å². The van der Waals surface area contributed by atoms with Crippen LogP contribution in [0.25, 0.3) is 0 Å². The average molecular weight is 292 g/mol. The minimum Gasteiger partial charge on any atom is -0.497 e. The van der Waals surface area contributed by atoms with Gasteiger partial charge in [0.2, 0.25) is 0 Å². The largest absolute Gasteiger partial charge is 0.497 e. The normalized spacial score (nSPS) is 22.0. The highest BCUT2D eigenvalue weighted by Gasteiger charge is 2.49. The van der Waals surface area contributed by atoms with Crippen LogP contribution in [0.5, 0.6) is 5.75 Å². The number of benzene rings is 1. The Labute approximate surface area is 126 Å². The van der Waals surface area contributed by atoms with Gasteiger partial charge in [-0.3, -0.25) is 4.79 Å². The van der Waals surface area contributed by atoms with Crippen LogP contribution in [0.4, 0.5) is 0 Å². The third kappa shape index (κ3) is 2.77. The molecule has 0 aromatic heterocycles. The second kappa shape index (κ2) is 6.06. The Hall–Kier alpha value is -1.55. The second-order valence-corrected chi connectivity index (χ2v) is 5.92. The predicted molar refractivity (Wildman–Crippen MR) is 80.2 cm³/mol. The maximum absolute atomic E-state index is 12.3. The molecule has 2 atom stereocenters. The zero-order valence-electron chi connectivity index (χ0n) is 13.2. The van der Waals surface area contributed by atoms with Crippen molar-refractivity contribution in [3.63, 3.8) is 0 Å². The number of carbonyl (C=O) groups excluding carboxylic acids is 1. The van der Waals surface area contributed by atoms with Crippen LogP contribution in [0, 0.1) is 11.8 Å². The molecular formula is C17H24O4. The number of fused-ring (bicyclic) bond motifs is 1. The fraction of sp³-hybridized carbons (Fsp3) is 0.588. The number of ether oxygens (including phenoxy) is 2. The molecule has 4 heteroatoms. The van der Waals surface area contributed by atoms with Crippen molar-refractivity contribution in [1.29, 1.82) is 0 Å². The van der Waals surface area contributed by atoms with Gasteiger partial charge in [0.15, 0.2) is 0 Å². The van der Waals surface area contributed by atoms with Crippen molar-refractivity contribution in [2.24, 2.45) is 11.8 Å². The summed E-state index contributed by atoms with van der Waals surface area (Å²) < 4.78 is 10.4. The Kier molecular flexibility index (Phi) is 4.57. The second-order valence-electron chi connectivity index (χ2n) is 5.92. The first kappa shape index (κ1) is 15.8. The molecule has 4 nitrogen and oxygen atoms in total. The fourth-order valence-corrected chi connectivity index (χ4v) is 3.34. The maximum atomic E-state index is 12.3. The quantitative estimate of drug-likeness (QED) is 0.848. The topological polar surface area (TPSA) is 55.8 Å². The van der Waals surface area contributed by atoms with E-state index in [4.69, 9.17) is 9.47 Å². The van der Waals surface area contributed by atoms with Gasteiger partial charge in [0.25, 0.3) is 0 Å². The lowest BCUT2D eigenvalue weighted by molar-refractivity contribution is -0.163. The highest BCUT2D eigenvalue weighted by atomic mass is 16.5. The zero-order chi connectivity index (χ0) is 15.6. The van der Waals surface area contributed by atoms with E-state index in [1.165, 1.54) is 0 Å². The van der Waals surface area contributed by atoms with Crippen molar-refractivity contribution in [3.05, 3.63) is 29.3 Å². The van der Waals surface area contributed by atoms with Crippen molar-refractivity contribution >= 4 is 5.97 Å². The average Bonchev–Trinajstić information content (AvgIpc) is 2.76. The Morgan fingerprint density at radius 3 is 2.71 bits per heavy atom. The van der Waals surface area contributed by atoms with Gasteiger partial charge in [-0.2, -0.15) is 0 Å². The van der Waals surface area contributed by atoms with Crippen molar-refractivity contribution < 1.29 is 19.4 Å². The molecular weight excluding hydrogens is 268 g/mol. The number of hydrogen-bond acceptors (Lipinski definition) is 4. The molecule has 1 aliphatic rings. The number of aryl methyl sites for hydroxylation is 1. The summed E-state index contributed by atoms with van der Waals surface area (Å²) >= 11 is 0. The minimum atomic E-state index is -1.18. The molecule has 0 radical (unpaired) electrons. The van der Waals surface area contributed by atoms with E-state index in [9.17, 15) is 9.90 Å². The number of aliphatic hydroxyl groups is 1. The summed E-state index contributed by atoms with van der Waals surface area (Å²) in [6.07, 6.45) is 1.30. The highest BCUT2D eigenvalue weighted by Crippen LogP contribution is 2.46. The summed E-state index contributed by atoms with van der Waals surface area (Å²) in [5, 5.41) is 11.2. The number of methoxy groups -OCH3 is 1. The molecule has 1 aromatic carbocycles. The van der Waals surface area contributed by atoms with Gasteiger partial charge in [-0.05, 0) is 48.9 Å². The van der Waals surface area contributed by atoms with Gasteiger partial charge in [0.05, 0.1) is 19.6 Å². The van der Waals surface area contributed by atoms with Gasteiger partial charge in [0.1, 0.15) is 11.4 Å². The van der Waals surface area contributed by atoms with E-state index in [1.807, 2.05) is 32.0 Å². The molecule has 116 valence electrons.